The van der Waals surface area contributed by atoms with Gasteiger partial charge in [-0.05, 0) is 36.2 Å². The number of likely N-dealkylation sites (N-methyl/N-ethyl adjacent to an activating group) is 1. The monoisotopic (exact) mass is 351 g/mol. The van der Waals surface area contributed by atoms with Crippen molar-refractivity contribution in [2.24, 2.45) is 5.92 Å². The molecule has 0 fully saturated rings. The van der Waals surface area contributed by atoms with Crippen LogP contribution in [0.5, 0.6) is 0 Å². The van der Waals surface area contributed by atoms with Crippen LogP contribution < -0.4 is 0 Å². The fraction of sp³-hybridized carbons (Fsp3) is 0.350. The summed E-state index contributed by atoms with van der Waals surface area (Å²) >= 11 is 0. The summed E-state index contributed by atoms with van der Waals surface area (Å²) in [5, 5.41) is 1.20. The lowest BCUT2D eigenvalue weighted by Crippen LogP contribution is -2.49. The minimum Gasteiger partial charge on any atom is -0.361 e. The van der Waals surface area contributed by atoms with Crippen molar-refractivity contribution in [1.82, 2.24) is 14.8 Å². The van der Waals surface area contributed by atoms with Gasteiger partial charge in [0.2, 0.25) is 17.7 Å². The van der Waals surface area contributed by atoms with Crippen LogP contribution in [0, 0.1) is 5.92 Å². The number of nitrogens with one attached hydrogen (secondary N) is 1. The smallest absolute Gasteiger partial charge is 0.244 e. The summed E-state index contributed by atoms with van der Waals surface area (Å²) in [5.74, 6) is -2.04. The van der Waals surface area contributed by atoms with E-state index in [0.29, 0.717) is 6.54 Å². The second-order valence-corrected chi connectivity index (χ2v) is 7.14. The average molecular weight is 351 g/mol. The van der Waals surface area contributed by atoms with Gasteiger partial charge in [0.25, 0.3) is 0 Å². The van der Waals surface area contributed by atoms with Crippen LogP contribution in [0.3, 0.4) is 0 Å². The molecule has 0 radical (unpaired) electrons. The minimum absolute atomic E-state index is 0.191. The van der Waals surface area contributed by atoms with Crippen molar-refractivity contribution in [1.29, 1.82) is 0 Å². The van der Waals surface area contributed by atoms with Crippen LogP contribution in [0.25, 0.3) is 16.5 Å². The number of H-pyrrole nitrogens is 1. The highest BCUT2D eigenvalue weighted by molar-refractivity contribution is 6.11. The Labute approximate surface area is 151 Å². The molecule has 0 bridgehead atoms. The molecule has 1 aliphatic carbocycles. The number of benzene rings is 1. The topological polar surface area (TPSA) is 73.5 Å². The lowest BCUT2D eigenvalue weighted by Gasteiger charge is -2.40. The molecule has 1 aromatic carbocycles. The number of nitrogens with zero attached hydrogens (tertiary/aromatic N) is 2. The largest absolute Gasteiger partial charge is 0.361 e. The third kappa shape index (κ3) is 2.41. The van der Waals surface area contributed by atoms with Gasteiger partial charge in [0.1, 0.15) is 0 Å². The van der Waals surface area contributed by atoms with Crippen molar-refractivity contribution < 1.29 is 14.4 Å². The third-order valence-corrected chi connectivity index (χ3v) is 5.44. The Morgan fingerprint density at radius 3 is 2.62 bits per heavy atom. The first kappa shape index (κ1) is 16.7. The van der Waals surface area contributed by atoms with Crippen molar-refractivity contribution in [3.05, 3.63) is 41.6 Å². The lowest BCUT2D eigenvalue weighted by atomic mass is 9.79. The summed E-state index contributed by atoms with van der Waals surface area (Å²) in [4.78, 5) is 42.6. The van der Waals surface area contributed by atoms with E-state index in [1.54, 1.807) is 0 Å². The summed E-state index contributed by atoms with van der Waals surface area (Å²) in [6, 6.07) is 6.32. The van der Waals surface area contributed by atoms with Gasteiger partial charge in [-0.25, -0.2) is 4.90 Å². The molecule has 0 unspecified atom stereocenters. The second kappa shape index (κ2) is 5.92. The molecule has 2 heterocycles. The molecule has 1 N–H and O–H groups in total. The number of imide groups is 3. The predicted octanol–water partition coefficient (Wildman–Crippen LogP) is 1.96. The predicted molar refractivity (Wildman–Crippen MR) is 98.1 cm³/mol. The summed E-state index contributed by atoms with van der Waals surface area (Å²) in [6.45, 7) is 2.98. The molecule has 26 heavy (non-hydrogen) atoms. The lowest BCUT2D eigenvalue weighted by molar-refractivity contribution is -0.153. The zero-order chi connectivity index (χ0) is 18.6. The van der Waals surface area contributed by atoms with Crippen molar-refractivity contribution in [2.75, 3.05) is 13.6 Å². The number of fused-ring (bicyclic) bond motifs is 2. The van der Waals surface area contributed by atoms with E-state index in [1.807, 2.05) is 25.3 Å². The van der Waals surface area contributed by atoms with Crippen molar-refractivity contribution in [2.45, 2.75) is 26.3 Å². The Morgan fingerprint density at radius 2 is 1.92 bits per heavy atom. The number of carbonyl (C=O) groups is 3. The van der Waals surface area contributed by atoms with Crippen LogP contribution in [0.4, 0.5) is 0 Å². The molecule has 0 spiro atoms. The zero-order valence-electron chi connectivity index (χ0n) is 15.1. The fourth-order valence-electron chi connectivity index (χ4n) is 4.30. The van der Waals surface area contributed by atoms with E-state index in [1.165, 1.54) is 24.8 Å². The average Bonchev–Trinajstić information content (AvgIpc) is 2.99. The second-order valence-electron chi connectivity index (χ2n) is 7.14. The maximum Gasteiger partial charge on any atom is 0.244 e. The van der Waals surface area contributed by atoms with E-state index < -0.39 is 23.6 Å². The van der Waals surface area contributed by atoms with Gasteiger partial charge in [0, 0.05) is 43.5 Å². The Bertz CT molecular complexity index is 958. The molecule has 0 saturated carbocycles. The normalized spacial score (nSPS) is 21.9. The van der Waals surface area contributed by atoms with Crippen LogP contribution in [0.15, 0.2) is 30.5 Å². The molecular weight excluding hydrogens is 330 g/mol. The van der Waals surface area contributed by atoms with Gasteiger partial charge >= 0.3 is 0 Å². The standard InChI is InChI=1S/C20H21N3O3/c1-11(24)23(12(2)25)20(26)14-7-16-15-5-4-6-17-19(15)13(9-21-17)8-18(16)22(3)10-14/h4-7,9,14,18,21H,8,10H2,1-3H3/t14-,18-/m1/s1. The molecule has 3 amide bonds. The molecule has 6 nitrogen and oxygen atoms in total. The molecule has 6 heteroatoms. The van der Waals surface area contributed by atoms with Gasteiger partial charge in [-0.3, -0.25) is 19.3 Å². The summed E-state index contributed by atoms with van der Waals surface area (Å²) in [7, 11) is 1.99. The van der Waals surface area contributed by atoms with E-state index in [-0.39, 0.29) is 6.04 Å². The maximum atomic E-state index is 12.8. The van der Waals surface area contributed by atoms with Crippen LogP contribution in [-0.4, -0.2) is 52.1 Å². The molecule has 4 rings (SSSR count). The van der Waals surface area contributed by atoms with Crippen molar-refractivity contribution >= 4 is 34.2 Å². The Balaban J connectivity index is 1.80. The first-order chi connectivity index (χ1) is 12.4. The van der Waals surface area contributed by atoms with Crippen LogP contribution in [0.1, 0.15) is 25.0 Å². The van der Waals surface area contributed by atoms with Gasteiger partial charge in [-0.2, -0.15) is 0 Å². The van der Waals surface area contributed by atoms with Gasteiger partial charge in [-0.15, -0.1) is 0 Å². The Hall–Kier alpha value is -2.73. The highest BCUT2D eigenvalue weighted by Crippen LogP contribution is 2.40. The number of carbonyl (C=O) groups excluding carboxylic acids is 3. The molecule has 0 saturated heterocycles. The third-order valence-electron chi connectivity index (χ3n) is 5.44. The number of hydrogen-bond acceptors (Lipinski definition) is 4. The van der Waals surface area contributed by atoms with Gasteiger partial charge < -0.3 is 4.98 Å². The quantitative estimate of drug-likeness (QED) is 0.852. The van der Waals surface area contributed by atoms with E-state index >= 15 is 0 Å². The summed E-state index contributed by atoms with van der Waals surface area (Å²) in [6.07, 6.45) is 4.89. The number of hydrogen-bond donors (Lipinski definition) is 1. The molecule has 2 aliphatic rings. The van der Waals surface area contributed by atoms with Crippen LogP contribution in [0.2, 0.25) is 0 Å². The van der Waals surface area contributed by atoms with Gasteiger partial charge in [0.05, 0.1) is 5.92 Å². The maximum absolute atomic E-state index is 12.8. The SMILES string of the molecule is CC(=O)N(C(C)=O)C(=O)[C@@H]1C=C2c3cccc4[nH]cc(c34)C[C@H]2N(C)C1. The Morgan fingerprint density at radius 1 is 1.19 bits per heavy atom. The summed E-state index contributed by atoms with van der Waals surface area (Å²) in [5.41, 5.74) is 4.59. The number of aromatic nitrogens is 1. The van der Waals surface area contributed by atoms with Gasteiger partial charge in [-0.1, -0.05) is 18.2 Å². The van der Waals surface area contributed by atoms with Crippen molar-refractivity contribution in [3.63, 3.8) is 0 Å². The van der Waals surface area contributed by atoms with E-state index in [2.05, 4.69) is 22.1 Å². The van der Waals surface area contributed by atoms with Crippen LogP contribution >= 0.6 is 0 Å². The summed E-state index contributed by atoms with van der Waals surface area (Å²) < 4.78 is 0. The molecule has 1 aromatic heterocycles. The number of aromatic amines is 1. The van der Waals surface area contributed by atoms with Crippen LogP contribution in [-0.2, 0) is 20.8 Å². The Kier molecular flexibility index (Phi) is 3.80. The van der Waals surface area contributed by atoms with Gasteiger partial charge in [0.15, 0.2) is 0 Å². The molecule has 2 aromatic rings. The molecule has 1 aliphatic heterocycles. The molecule has 2 atom stereocenters. The van der Waals surface area contributed by atoms with E-state index in [9.17, 15) is 14.4 Å². The fourth-order valence-corrected chi connectivity index (χ4v) is 4.30. The number of amides is 3. The molecule has 134 valence electrons. The highest BCUT2D eigenvalue weighted by Gasteiger charge is 2.38. The number of rotatable bonds is 1. The zero-order valence-corrected chi connectivity index (χ0v) is 15.1. The highest BCUT2D eigenvalue weighted by atomic mass is 16.2. The van der Waals surface area contributed by atoms with E-state index in [4.69, 9.17) is 0 Å². The van der Waals surface area contributed by atoms with E-state index in [0.717, 1.165) is 28.0 Å². The first-order valence-corrected chi connectivity index (χ1v) is 8.75. The van der Waals surface area contributed by atoms with Crippen molar-refractivity contribution in [3.8, 4) is 0 Å². The first-order valence-electron chi connectivity index (χ1n) is 8.75. The molecular formula is C20H21N3O3. The minimum atomic E-state index is -0.538.